The number of para-hydroxylation sites is 2. The molecule has 0 aliphatic carbocycles. The van der Waals surface area contributed by atoms with Gasteiger partial charge in [0.15, 0.2) is 5.17 Å². The highest BCUT2D eigenvalue weighted by molar-refractivity contribution is 8.15. The summed E-state index contributed by atoms with van der Waals surface area (Å²) < 4.78 is 10.6. The lowest BCUT2D eigenvalue weighted by Gasteiger charge is -2.14. The first kappa shape index (κ1) is 22.0. The van der Waals surface area contributed by atoms with Gasteiger partial charge in [-0.2, -0.15) is 0 Å². The van der Waals surface area contributed by atoms with Gasteiger partial charge in [0, 0.05) is 18.0 Å². The molecule has 1 aliphatic heterocycles. The summed E-state index contributed by atoms with van der Waals surface area (Å²) in [6.07, 6.45) is 0.000607. The van der Waals surface area contributed by atoms with Crippen LogP contribution in [-0.2, 0) is 9.59 Å². The van der Waals surface area contributed by atoms with Crippen LogP contribution in [0.4, 0.5) is 11.4 Å². The van der Waals surface area contributed by atoms with Crippen LogP contribution in [0.5, 0.6) is 11.5 Å². The van der Waals surface area contributed by atoms with Crippen molar-refractivity contribution in [1.82, 2.24) is 4.90 Å². The van der Waals surface area contributed by atoms with E-state index in [2.05, 4.69) is 10.3 Å². The van der Waals surface area contributed by atoms with Crippen molar-refractivity contribution in [1.29, 1.82) is 0 Å². The maximum Gasteiger partial charge on any atom is 0.242 e. The first-order chi connectivity index (χ1) is 14.5. The summed E-state index contributed by atoms with van der Waals surface area (Å²) in [5, 5.41) is 3.23. The molecule has 1 heterocycles. The van der Waals surface area contributed by atoms with Crippen molar-refractivity contribution in [2.24, 2.45) is 4.99 Å². The lowest BCUT2D eigenvalue weighted by molar-refractivity contribution is -0.128. The first-order valence-corrected chi connectivity index (χ1v) is 10.6. The van der Waals surface area contributed by atoms with Gasteiger partial charge in [-0.05, 0) is 37.3 Å². The molecule has 1 saturated heterocycles. The monoisotopic (exact) mass is 447 g/mol. The van der Waals surface area contributed by atoms with Gasteiger partial charge in [0.05, 0.1) is 19.9 Å². The zero-order valence-electron chi connectivity index (χ0n) is 16.8. The molecule has 2 aromatic carbocycles. The van der Waals surface area contributed by atoms with E-state index in [1.165, 1.54) is 18.9 Å². The first-order valence-electron chi connectivity index (χ1n) is 9.30. The zero-order valence-corrected chi connectivity index (χ0v) is 18.4. The summed E-state index contributed by atoms with van der Waals surface area (Å²) in [5.41, 5.74) is 1.09. The van der Waals surface area contributed by atoms with Crippen LogP contribution in [-0.4, -0.2) is 47.9 Å². The molecular formula is C21H22ClN3O4S. The van der Waals surface area contributed by atoms with E-state index in [0.29, 0.717) is 39.6 Å². The second-order valence-electron chi connectivity index (χ2n) is 6.35. The smallest absolute Gasteiger partial charge is 0.242 e. The Balaban J connectivity index is 1.76. The van der Waals surface area contributed by atoms with Crippen LogP contribution in [0.2, 0.25) is 5.02 Å². The fourth-order valence-electron chi connectivity index (χ4n) is 2.99. The van der Waals surface area contributed by atoms with Crippen LogP contribution in [0.15, 0.2) is 47.5 Å². The van der Waals surface area contributed by atoms with E-state index >= 15 is 0 Å². The Labute approximate surface area is 184 Å². The van der Waals surface area contributed by atoms with Crippen molar-refractivity contribution in [3.8, 4) is 11.5 Å². The van der Waals surface area contributed by atoms with Gasteiger partial charge in [0.1, 0.15) is 22.4 Å². The summed E-state index contributed by atoms with van der Waals surface area (Å²) in [7, 11) is 3.08. The number of anilines is 1. The van der Waals surface area contributed by atoms with Crippen molar-refractivity contribution in [2.45, 2.75) is 18.6 Å². The molecule has 7 nitrogen and oxygen atoms in total. The molecule has 0 radical (unpaired) electrons. The van der Waals surface area contributed by atoms with Crippen LogP contribution >= 0.6 is 23.4 Å². The third kappa shape index (κ3) is 4.88. The van der Waals surface area contributed by atoms with E-state index in [9.17, 15) is 9.59 Å². The molecule has 3 rings (SSSR count). The Bertz CT molecular complexity index is 982. The minimum absolute atomic E-state index is 0.000607. The lowest BCUT2D eigenvalue weighted by Crippen LogP contribution is -2.33. The number of carbonyl (C=O) groups excluding carboxylic acids is 2. The van der Waals surface area contributed by atoms with E-state index in [-0.39, 0.29) is 18.2 Å². The molecule has 9 heteroatoms. The van der Waals surface area contributed by atoms with E-state index in [1.54, 1.807) is 36.3 Å². The highest BCUT2D eigenvalue weighted by Gasteiger charge is 2.38. The SMILES string of the molecule is CCN1C(=O)C(CC(=O)Nc2cc(Cl)ccc2OC)SC1=Nc1ccccc1OC. The van der Waals surface area contributed by atoms with Crippen LogP contribution in [0.3, 0.4) is 0 Å². The van der Waals surface area contributed by atoms with Crippen LogP contribution in [0, 0.1) is 0 Å². The number of ether oxygens (including phenoxy) is 2. The molecule has 1 unspecified atom stereocenters. The largest absolute Gasteiger partial charge is 0.495 e. The van der Waals surface area contributed by atoms with Crippen LogP contribution in [0.1, 0.15) is 13.3 Å². The van der Waals surface area contributed by atoms with Crippen molar-refractivity contribution in [2.75, 3.05) is 26.1 Å². The Morgan fingerprint density at radius 1 is 1.20 bits per heavy atom. The molecular weight excluding hydrogens is 426 g/mol. The minimum atomic E-state index is -0.566. The molecule has 1 fully saturated rings. The maximum absolute atomic E-state index is 12.8. The molecule has 0 aromatic heterocycles. The topological polar surface area (TPSA) is 80.2 Å². The third-order valence-electron chi connectivity index (χ3n) is 4.44. The molecule has 0 saturated carbocycles. The maximum atomic E-state index is 12.8. The Hall–Kier alpha value is -2.71. The molecule has 1 aliphatic rings. The number of benzene rings is 2. The van der Waals surface area contributed by atoms with Crippen molar-refractivity contribution in [3.05, 3.63) is 47.5 Å². The van der Waals surface area contributed by atoms with Crippen LogP contribution < -0.4 is 14.8 Å². The lowest BCUT2D eigenvalue weighted by atomic mass is 10.2. The predicted octanol–water partition coefficient (Wildman–Crippen LogP) is 4.34. The molecule has 30 heavy (non-hydrogen) atoms. The Morgan fingerprint density at radius 2 is 1.93 bits per heavy atom. The number of methoxy groups -OCH3 is 2. The zero-order chi connectivity index (χ0) is 21.7. The number of carbonyl (C=O) groups is 2. The van der Waals surface area contributed by atoms with E-state index in [0.717, 1.165) is 0 Å². The van der Waals surface area contributed by atoms with Gasteiger partial charge >= 0.3 is 0 Å². The van der Waals surface area contributed by atoms with Gasteiger partial charge in [0.2, 0.25) is 11.8 Å². The number of hydrogen-bond acceptors (Lipinski definition) is 6. The molecule has 1 N–H and O–H groups in total. The highest BCUT2D eigenvalue weighted by atomic mass is 35.5. The third-order valence-corrected chi connectivity index (χ3v) is 5.85. The number of rotatable bonds is 7. The minimum Gasteiger partial charge on any atom is -0.495 e. The molecule has 2 aromatic rings. The number of nitrogens with one attached hydrogen (secondary N) is 1. The summed E-state index contributed by atoms with van der Waals surface area (Å²) in [6.45, 7) is 2.33. The number of halogens is 1. The number of nitrogens with zero attached hydrogens (tertiary/aromatic N) is 2. The van der Waals surface area contributed by atoms with Crippen molar-refractivity contribution < 1.29 is 19.1 Å². The normalized spacial score (nSPS) is 17.3. The molecule has 158 valence electrons. The fourth-order valence-corrected chi connectivity index (χ4v) is 4.38. The van der Waals surface area contributed by atoms with Crippen molar-refractivity contribution in [3.63, 3.8) is 0 Å². The average molecular weight is 448 g/mol. The number of hydrogen-bond donors (Lipinski definition) is 1. The fraction of sp³-hybridized carbons (Fsp3) is 0.286. The Morgan fingerprint density at radius 3 is 2.63 bits per heavy atom. The second kappa shape index (κ2) is 9.86. The van der Waals surface area contributed by atoms with Crippen molar-refractivity contribution >= 4 is 51.7 Å². The Kier molecular flexibility index (Phi) is 7.23. The average Bonchev–Trinajstić information content (AvgIpc) is 3.02. The molecule has 0 spiro atoms. The number of amides is 2. The highest BCUT2D eigenvalue weighted by Crippen LogP contribution is 2.35. The standard InChI is InChI=1S/C21H22ClN3O4S/c1-4-25-20(27)18(30-21(25)24-14-7-5-6-8-16(14)28-2)12-19(26)23-15-11-13(22)9-10-17(15)29-3/h5-11,18H,4,12H2,1-3H3,(H,23,26). The predicted molar refractivity (Wildman–Crippen MR) is 120 cm³/mol. The molecule has 2 amide bonds. The van der Waals surface area contributed by atoms with Gasteiger partial charge in [-0.15, -0.1) is 0 Å². The second-order valence-corrected chi connectivity index (χ2v) is 7.96. The number of amidine groups is 1. The molecule has 1 atom stereocenters. The summed E-state index contributed by atoms with van der Waals surface area (Å²) in [5.74, 6) is 0.649. The number of aliphatic imine (C=N–C) groups is 1. The van der Waals surface area contributed by atoms with Gasteiger partial charge in [0.25, 0.3) is 0 Å². The van der Waals surface area contributed by atoms with Gasteiger partial charge in [-0.1, -0.05) is 35.5 Å². The summed E-state index contributed by atoms with van der Waals surface area (Å²) >= 11 is 7.28. The van der Waals surface area contributed by atoms with Crippen LogP contribution in [0.25, 0.3) is 0 Å². The van der Waals surface area contributed by atoms with E-state index in [4.69, 9.17) is 21.1 Å². The summed E-state index contributed by atoms with van der Waals surface area (Å²) in [6, 6.07) is 12.3. The van der Waals surface area contributed by atoms with Gasteiger partial charge < -0.3 is 14.8 Å². The molecule has 0 bridgehead atoms. The van der Waals surface area contributed by atoms with E-state index in [1.807, 2.05) is 25.1 Å². The number of thioether (sulfide) groups is 1. The van der Waals surface area contributed by atoms with E-state index < -0.39 is 5.25 Å². The quantitative estimate of drug-likeness (QED) is 0.683. The summed E-state index contributed by atoms with van der Waals surface area (Å²) in [4.78, 5) is 31.6. The van der Waals surface area contributed by atoms with Gasteiger partial charge in [-0.25, -0.2) is 4.99 Å². The van der Waals surface area contributed by atoms with Gasteiger partial charge in [-0.3, -0.25) is 14.5 Å².